The summed E-state index contributed by atoms with van der Waals surface area (Å²) in [6.45, 7) is 17.7. The zero-order valence-corrected chi connectivity index (χ0v) is 15.1. The molecule has 0 fully saturated rings. The van der Waals surface area contributed by atoms with E-state index in [0.29, 0.717) is 37.4 Å². The Hall–Kier alpha value is -0.200. The van der Waals surface area contributed by atoms with Crippen LogP contribution in [0.25, 0.3) is 0 Å². The van der Waals surface area contributed by atoms with E-state index in [2.05, 4.69) is 52.2 Å². The Morgan fingerprint density at radius 3 is 1.24 bits per heavy atom. The van der Waals surface area contributed by atoms with Gasteiger partial charge >= 0.3 is 0 Å². The minimum Gasteiger partial charge on any atom is -0.351 e. The van der Waals surface area contributed by atoms with Gasteiger partial charge in [0.1, 0.15) is 0 Å². The molecule has 0 bridgehead atoms. The van der Waals surface area contributed by atoms with E-state index in [1.165, 1.54) is 0 Å². The zero-order valence-electron chi connectivity index (χ0n) is 15.1. The molecule has 0 radical (unpaired) electrons. The number of nitrogens with one attached hydrogen (secondary N) is 2. The van der Waals surface area contributed by atoms with Crippen LogP contribution in [-0.2, 0) is 14.2 Å². The summed E-state index contributed by atoms with van der Waals surface area (Å²) in [6, 6.07) is 1.53. The predicted molar refractivity (Wildman–Crippen MR) is 87.4 cm³/mol. The van der Waals surface area contributed by atoms with Gasteiger partial charge in [-0.15, -0.1) is 0 Å². The highest BCUT2D eigenvalue weighted by molar-refractivity contribution is 4.63. The van der Waals surface area contributed by atoms with Crippen LogP contribution in [0, 0.1) is 0 Å². The van der Waals surface area contributed by atoms with Gasteiger partial charge in [0.15, 0.2) is 12.6 Å². The van der Waals surface area contributed by atoms with Crippen LogP contribution in [0.2, 0.25) is 0 Å². The quantitative estimate of drug-likeness (QED) is 0.543. The van der Waals surface area contributed by atoms with Gasteiger partial charge in [-0.3, -0.25) is 0 Å². The second-order valence-electron chi connectivity index (χ2n) is 6.38. The van der Waals surface area contributed by atoms with Crippen molar-refractivity contribution in [2.45, 2.75) is 92.1 Å². The van der Waals surface area contributed by atoms with Crippen LogP contribution < -0.4 is 10.6 Å². The first kappa shape index (κ1) is 20.8. The highest BCUT2D eigenvalue weighted by Gasteiger charge is 2.13. The Bertz CT molecular complexity index is 226. The first-order valence-corrected chi connectivity index (χ1v) is 8.11. The standard InChI is InChI=1S/C16H36N2O3/c1-11(2)17-13(5)9-19-15(7)21-16(8)20-10-14(6)18-12(3)4/h11-18H,9-10H2,1-8H3. The van der Waals surface area contributed by atoms with Crippen LogP contribution in [0.4, 0.5) is 0 Å². The minimum absolute atomic E-state index is 0.273. The molecule has 0 aromatic carbocycles. The van der Waals surface area contributed by atoms with Crippen LogP contribution in [0.3, 0.4) is 0 Å². The van der Waals surface area contributed by atoms with E-state index in [1.807, 2.05) is 13.8 Å². The van der Waals surface area contributed by atoms with Gasteiger partial charge in [0, 0.05) is 24.2 Å². The molecular weight excluding hydrogens is 268 g/mol. The molecule has 0 heterocycles. The Balaban J connectivity index is 3.76. The van der Waals surface area contributed by atoms with Crippen LogP contribution in [0.15, 0.2) is 0 Å². The highest BCUT2D eigenvalue weighted by Crippen LogP contribution is 2.03. The monoisotopic (exact) mass is 304 g/mol. The fraction of sp³-hybridized carbons (Fsp3) is 1.00. The summed E-state index contributed by atoms with van der Waals surface area (Å²) in [7, 11) is 0. The molecule has 2 N–H and O–H groups in total. The summed E-state index contributed by atoms with van der Waals surface area (Å²) in [5.41, 5.74) is 0. The maximum atomic E-state index is 5.67. The summed E-state index contributed by atoms with van der Waals surface area (Å²) in [4.78, 5) is 0. The van der Waals surface area contributed by atoms with Crippen LogP contribution >= 0.6 is 0 Å². The molecule has 0 amide bonds. The number of hydrogen-bond donors (Lipinski definition) is 2. The Labute approximate surface area is 131 Å². The second-order valence-corrected chi connectivity index (χ2v) is 6.38. The first-order valence-electron chi connectivity index (χ1n) is 8.11. The van der Waals surface area contributed by atoms with Crippen molar-refractivity contribution in [1.82, 2.24) is 10.6 Å². The Kier molecular flexibility index (Phi) is 11.3. The molecule has 0 aliphatic rings. The van der Waals surface area contributed by atoms with Crippen molar-refractivity contribution in [3.05, 3.63) is 0 Å². The van der Waals surface area contributed by atoms with Gasteiger partial charge in [0.05, 0.1) is 13.2 Å². The third kappa shape index (κ3) is 13.2. The van der Waals surface area contributed by atoms with Gasteiger partial charge < -0.3 is 24.8 Å². The van der Waals surface area contributed by atoms with E-state index in [9.17, 15) is 0 Å². The maximum Gasteiger partial charge on any atom is 0.158 e. The highest BCUT2D eigenvalue weighted by atomic mass is 16.8. The van der Waals surface area contributed by atoms with Crippen molar-refractivity contribution in [2.75, 3.05) is 13.2 Å². The summed E-state index contributed by atoms with van der Waals surface area (Å²) in [5, 5.41) is 6.78. The van der Waals surface area contributed by atoms with Gasteiger partial charge in [-0.2, -0.15) is 0 Å². The van der Waals surface area contributed by atoms with Gasteiger partial charge in [0.25, 0.3) is 0 Å². The van der Waals surface area contributed by atoms with E-state index < -0.39 is 0 Å². The molecule has 0 rings (SSSR count). The lowest BCUT2D eigenvalue weighted by molar-refractivity contribution is -0.234. The Morgan fingerprint density at radius 1 is 0.619 bits per heavy atom. The topological polar surface area (TPSA) is 51.8 Å². The zero-order chi connectivity index (χ0) is 16.4. The van der Waals surface area contributed by atoms with Crippen molar-refractivity contribution >= 4 is 0 Å². The molecule has 4 unspecified atom stereocenters. The van der Waals surface area contributed by atoms with Crippen LogP contribution in [0.5, 0.6) is 0 Å². The largest absolute Gasteiger partial charge is 0.351 e. The molecule has 4 atom stereocenters. The van der Waals surface area contributed by atoms with E-state index in [0.717, 1.165) is 0 Å². The molecule has 0 aliphatic heterocycles. The molecule has 0 aromatic rings. The molecule has 0 saturated carbocycles. The molecule has 5 heteroatoms. The van der Waals surface area contributed by atoms with Gasteiger partial charge in [-0.25, -0.2) is 0 Å². The molecule has 0 saturated heterocycles. The lowest BCUT2D eigenvalue weighted by atomic mass is 10.3. The van der Waals surface area contributed by atoms with Gasteiger partial charge in [-0.05, 0) is 27.7 Å². The fourth-order valence-electron chi connectivity index (χ4n) is 2.14. The normalized spacial score (nSPS) is 18.0. The smallest absolute Gasteiger partial charge is 0.158 e. The molecule has 0 aromatic heterocycles. The first-order chi connectivity index (χ1) is 9.70. The van der Waals surface area contributed by atoms with Crippen molar-refractivity contribution < 1.29 is 14.2 Å². The maximum absolute atomic E-state index is 5.67. The lowest BCUT2D eigenvalue weighted by Gasteiger charge is -2.24. The van der Waals surface area contributed by atoms with Gasteiger partial charge in [-0.1, -0.05) is 27.7 Å². The molecule has 0 spiro atoms. The van der Waals surface area contributed by atoms with Crippen LogP contribution in [0.1, 0.15) is 55.4 Å². The van der Waals surface area contributed by atoms with Crippen molar-refractivity contribution in [3.63, 3.8) is 0 Å². The molecule has 128 valence electrons. The van der Waals surface area contributed by atoms with Crippen molar-refractivity contribution in [3.8, 4) is 0 Å². The number of hydrogen-bond acceptors (Lipinski definition) is 5. The summed E-state index contributed by atoms with van der Waals surface area (Å²) in [6.07, 6.45) is -0.547. The second kappa shape index (κ2) is 11.4. The molecule has 21 heavy (non-hydrogen) atoms. The minimum atomic E-state index is -0.273. The van der Waals surface area contributed by atoms with Crippen LogP contribution in [-0.4, -0.2) is 50.0 Å². The predicted octanol–water partition coefficient (Wildman–Crippen LogP) is 2.50. The number of ether oxygens (including phenoxy) is 3. The van der Waals surface area contributed by atoms with Gasteiger partial charge in [0.2, 0.25) is 0 Å². The number of rotatable bonds is 12. The molecule has 5 nitrogen and oxygen atoms in total. The SMILES string of the molecule is CC(C)NC(C)COC(C)OC(C)OCC(C)NC(C)C. The van der Waals surface area contributed by atoms with E-state index >= 15 is 0 Å². The third-order valence-corrected chi connectivity index (χ3v) is 2.78. The molecule has 0 aliphatic carbocycles. The Morgan fingerprint density at radius 2 is 0.952 bits per heavy atom. The van der Waals surface area contributed by atoms with Crippen molar-refractivity contribution in [1.29, 1.82) is 0 Å². The summed E-state index contributed by atoms with van der Waals surface area (Å²) in [5.74, 6) is 0. The van der Waals surface area contributed by atoms with E-state index in [-0.39, 0.29) is 12.6 Å². The summed E-state index contributed by atoms with van der Waals surface area (Å²) < 4.78 is 17.0. The molecular formula is C16H36N2O3. The van der Waals surface area contributed by atoms with Crippen molar-refractivity contribution in [2.24, 2.45) is 0 Å². The van der Waals surface area contributed by atoms with E-state index in [1.54, 1.807) is 0 Å². The summed E-state index contributed by atoms with van der Waals surface area (Å²) >= 11 is 0. The lowest BCUT2D eigenvalue weighted by Crippen LogP contribution is -2.38. The fourth-order valence-corrected chi connectivity index (χ4v) is 2.14. The average Bonchev–Trinajstić information content (AvgIpc) is 2.32. The van der Waals surface area contributed by atoms with E-state index in [4.69, 9.17) is 14.2 Å². The average molecular weight is 304 g/mol. The third-order valence-electron chi connectivity index (χ3n) is 2.78.